The fourth-order valence-corrected chi connectivity index (χ4v) is 6.39. The number of aromatic nitrogens is 6. The second-order valence-corrected chi connectivity index (χ2v) is 13.2. The first-order valence-corrected chi connectivity index (χ1v) is 14.6. The zero-order valence-corrected chi connectivity index (χ0v) is 24.6. The van der Waals surface area contributed by atoms with Crippen molar-refractivity contribution >= 4 is 28.0 Å². The fraction of sp³-hybridized carbons (Fsp3) is 0.600. The highest BCUT2D eigenvalue weighted by Crippen LogP contribution is 2.38. The lowest BCUT2D eigenvalue weighted by molar-refractivity contribution is -0.110. The Morgan fingerprint density at radius 1 is 1.22 bits per heavy atom. The van der Waals surface area contributed by atoms with Gasteiger partial charge in [0.05, 0.1) is 24.0 Å². The van der Waals surface area contributed by atoms with Crippen molar-refractivity contribution < 1.29 is 14.9 Å². The van der Waals surface area contributed by atoms with Gasteiger partial charge in [0, 0.05) is 25.0 Å². The number of hydrogen-bond donors (Lipinski definition) is 4. The summed E-state index contributed by atoms with van der Waals surface area (Å²) in [4.78, 5) is 23.2. The molecule has 1 saturated heterocycles. The summed E-state index contributed by atoms with van der Waals surface area (Å²) in [6.45, 7) is 11.5. The molecular formula is C30H42N8O3. The van der Waals surface area contributed by atoms with Gasteiger partial charge in [-0.2, -0.15) is 0 Å². The van der Waals surface area contributed by atoms with Crippen LogP contribution in [0.4, 0.5) is 5.82 Å². The van der Waals surface area contributed by atoms with Gasteiger partial charge in [0.25, 0.3) is 0 Å². The number of nitrogens with one attached hydrogen (secondary N) is 1. The summed E-state index contributed by atoms with van der Waals surface area (Å²) < 4.78 is 7.45. The van der Waals surface area contributed by atoms with Crippen molar-refractivity contribution in [3.05, 3.63) is 42.2 Å². The van der Waals surface area contributed by atoms with Crippen LogP contribution in [0.15, 0.2) is 30.9 Å². The average Bonchev–Trinajstić information content (AvgIpc) is 3.58. The maximum Gasteiger partial charge on any atom is 0.197 e. The van der Waals surface area contributed by atoms with E-state index in [9.17, 15) is 10.2 Å². The Hall–Kier alpha value is -3.12. The molecule has 0 radical (unpaired) electrons. The van der Waals surface area contributed by atoms with Crippen LogP contribution >= 0.6 is 0 Å². The van der Waals surface area contributed by atoms with E-state index >= 15 is 0 Å². The molecule has 6 rings (SSSR count). The van der Waals surface area contributed by atoms with E-state index in [4.69, 9.17) is 15.5 Å². The van der Waals surface area contributed by atoms with Gasteiger partial charge in [0.15, 0.2) is 17.2 Å². The van der Waals surface area contributed by atoms with E-state index in [1.807, 2.05) is 0 Å². The van der Waals surface area contributed by atoms with Gasteiger partial charge in [0.2, 0.25) is 0 Å². The molecule has 5 N–H and O–H groups in total. The van der Waals surface area contributed by atoms with Crippen molar-refractivity contribution in [2.45, 2.75) is 95.7 Å². The maximum atomic E-state index is 11.5. The molecule has 1 saturated carbocycles. The van der Waals surface area contributed by atoms with Crippen LogP contribution in [0.3, 0.4) is 0 Å². The quantitative estimate of drug-likeness (QED) is 0.254. The first-order valence-electron chi connectivity index (χ1n) is 14.6. The van der Waals surface area contributed by atoms with Crippen molar-refractivity contribution in [2.75, 3.05) is 18.9 Å². The minimum Gasteiger partial charge on any atom is -0.385 e. The Balaban J connectivity index is 1.06. The second kappa shape index (κ2) is 10.3. The van der Waals surface area contributed by atoms with Gasteiger partial charge in [-0.3, -0.25) is 9.47 Å². The molecule has 1 aromatic carbocycles. The van der Waals surface area contributed by atoms with E-state index in [1.165, 1.54) is 22.8 Å². The van der Waals surface area contributed by atoms with E-state index in [2.05, 4.69) is 77.7 Å². The molecule has 0 amide bonds. The number of imidazole rings is 2. The lowest BCUT2D eigenvalue weighted by Crippen LogP contribution is -2.54. The number of hydrogen-bond acceptors (Lipinski definition) is 9. The number of aromatic amines is 1. The molecule has 3 aromatic heterocycles. The second-order valence-electron chi connectivity index (χ2n) is 13.2. The minimum atomic E-state index is -1.69. The van der Waals surface area contributed by atoms with Crippen LogP contribution in [0.2, 0.25) is 0 Å². The number of aliphatic hydroxyl groups excluding tert-OH is 1. The summed E-state index contributed by atoms with van der Waals surface area (Å²) in [5.74, 6) is 1.91. The molecule has 41 heavy (non-hydrogen) atoms. The van der Waals surface area contributed by atoms with Gasteiger partial charge in [-0.15, -0.1) is 0 Å². The zero-order chi connectivity index (χ0) is 29.1. The largest absolute Gasteiger partial charge is 0.385 e. The summed E-state index contributed by atoms with van der Waals surface area (Å²) >= 11 is 0. The smallest absolute Gasteiger partial charge is 0.197 e. The van der Waals surface area contributed by atoms with E-state index in [1.54, 1.807) is 0 Å². The average molecular weight is 563 g/mol. The molecule has 1 aliphatic carbocycles. The predicted molar refractivity (Wildman–Crippen MR) is 157 cm³/mol. The molecule has 0 unspecified atom stereocenters. The SMILES string of the molecule is CC(C)N(C[C@H]1OC[C@](O)(n2cnc3c(N)ncnc32)[C@@H]1O)C1CC(CCc2nc3ccc(C(C)(C)C)cc3[nH]2)C1. The number of nitrogens with zero attached hydrogens (tertiary/aromatic N) is 6. The van der Waals surface area contributed by atoms with Gasteiger partial charge in [-0.05, 0) is 62.1 Å². The Kier molecular flexibility index (Phi) is 7.04. The van der Waals surface area contributed by atoms with E-state index in [0.717, 1.165) is 42.5 Å². The van der Waals surface area contributed by atoms with Crippen LogP contribution in [0.1, 0.15) is 65.3 Å². The molecular weight excluding hydrogens is 520 g/mol. The monoisotopic (exact) mass is 562 g/mol. The van der Waals surface area contributed by atoms with Gasteiger partial charge in [-0.25, -0.2) is 19.9 Å². The number of aryl methyl sites for hydroxylation is 1. The normalized spacial score (nSPS) is 27.0. The highest BCUT2D eigenvalue weighted by atomic mass is 16.5. The Labute approximate surface area is 240 Å². The van der Waals surface area contributed by atoms with Gasteiger partial charge >= 0.3 is 0 Å². The van der Waals surface area contributed by atoms with Crippen LogP contribution in [0.25, 0.3) is 22.2 Å². The van der Waals surface area contributed by atoms with Crippen molar-refractivity contribution in [3.63, 3.8) is 0 Å². The molecule has 11 nitrogen and oxygen atoms in total. The van der Waals surface area contributed by atoms with Gasteiger partial charge < -0.3 is 25.7 Å². The molecule has 4 aromatic rings. The van der Waals surface area contributed by atoms with Crippen LogP contribution in [-0.2, 0) is 22.3 Å². The van der Waals surface area contributed by atoms with Crippen molar-refractivity contribution in [3.8, 4) is 0 Å². The number of nitrogens with two attached hydrogens (primary N) is 1. The number of rotatable bonds is 8. The third kappa shape index (κ3) is 5.09. The molecule has 0 spiro atoms. The standard InChI is InChI=1S/C30H42N8O3/c1-17(2)37(13-23-26(39)30(40,14-41-23)38-16-34-25-27(31)32-15-33-28(25)38)20-10-18(11-20)6-9-24-35-21-8-7-19(29(3,4)5)12-22(21)36-24/h7-8,12,15-18,20,23,26,39-40H,6,9-11,13-14H2,1-5H3,(H,35,36)(H2,31,32,33)/t18?,20?,23-,26-,30-/m1/s1. The van der Waals surface area contributed by atoms with Crippen LogP contribution in [0.5, 0.6) is 0 Å². The highest BCUT2D eigenvalue weighted by Gasteiger charge is 2.51. The summed E-state index contributed by atoms with van der Waals surface area (Å²) in [5, 5.41) is 22.7. The first kappa shape index (κ1) is 28.0. The first-order chi connectivity index (χ1) is 19.4. The number of fused-ring (bicyclic) bond motifs is 2. The Bertz CT molecular complexity index is 1540. The van der Waals surface area contributed by atoms with Crippen molar-refractivity contribution in [1.82, 2.24) is 34.4 Å². The highest BCUT2D eigenvalue weighted by molar-refractivity contribution is 5.81. The van der Waals surface area contributed by atoms with Crippen LogP contribution < -0.4 is 5.73 Å². The fourth-order valence-electron chi connectivity index (χ4n) is 6.39. The third-order valence-corrected chi connectivity index (χ3v) is 9.03. The lowest BCUT2D eigenvalue weighted by Gasteiger charge is -2.46. The molecule has 220 valence electrons. The molecule has 11 heteroatoms. The maximum absolute atomic E-state index is 11.5. The number of benzene rings is 1. The zero-order valence-electron chi connectivity index (χ0n) is 24.6. The van der Waals surface area contributed by atoms with Crippen LogP contribution in [-0.4, -0.2) is 82.0 Å². The van der Waals surface area contributed by atoms with Crippen molar-refractivity contribution in [2.24, 2.45) is 5.92 Å². The van der Waals surface area contributed by atoms with Gasteiger partial charge in [-0.1, -0.05) is 26.8 Å². The molecule has 3 atom stereocenters. The summed E-state index contributed by atoms with van der Waals surface area (Å²) in [6, 6.07) is 7.22. The Morgan fingerprint density at radius 2 is 2.00 bits per heavy atom. The molecule has 4 heterocycles. The Morgan fingerprint density at radius 3 is 2.73 bits per heavy atom. The molecule has 2 aliphatic rings. The molecule has 1 aliphatic heterocycles. The van der Waals surface area contributed by atoms with Crippen LogP contribution in [0, 0.1) is 5.92 Å². The number of ether oxygens (including phenoxy) is 1. The molecule has 2 fully saturated rings. The third-order valence-electron chi connectivity index (χ3n) is 9.03. The number of nitrogen functional groups attached to an aromatic ring is 1. The minimum absolute atomic E-state index is 0.0673. The molecule has 0 bridgehead atoms. The number of H-pyrrole nitrogens is 1. The number of aliphatic hydroxyl groups is 2. The summed E-state index contributed by atoms with van der Waals surface area (Å²) in [7, 11) is 0. The van der Waals surface area contributed by atoms with E-state index in [0.29, 0.717) is 29.7 Å². The topological polar surface area (TPSA) is 151 Å². The van der Waals surface area contributed by atoms with E-state index < -0.39 is 17.9 Å². The number of anilines is 1. The predicted octanol–water partition coefficient (Wildman–Crippen LogP) is 3.11. The summed E-state index contributed by atoms with van der Waals surface area (Å²) in [5.41, 5.74) is 8.54. The van der Waals surface area contributed by atoms with Gasteiger partial charge in [0.1, 0.15) is 29.9 Å². The lowest BCUT2D eigenvalue weighted by atomic mass is 9.76. The van der Waals surface area contributed by atoms with E-state index in [-0.39, 0.29) is 23.9 Å². The summed E-state index contributed by atoms with van der Waals surface area (Å²) in [6.07, 6.45) is 5.28. The van der Waals surface area contributed by atoms with Crippen molar-refractivity contribution in [1.29, 1.82) is 0 Å².